The first-order valence-corrected chi connectivity index (χ1v) is 7.90. The zero-order valence-corrected chi connectivity index (χ0v) is 12.6. The van der Waals surface area contributed by atoms with Gasteiger partial charge in [-0.3, -0.25) is 9.59 Å². The maximum atomic E-state index is 13.1. The topological polar surface area (TPSA) is 80.8 Å². The fourth-order valence-corrected chi connectivity index (χ4v) is 3.37. The highest BCUT2D eigenvalue weighted by Gasteiger charge is 2.40. The first-order chi connectivity index (χ1) is 10.8. The van der Waals surface area contributed by atoms with Gasteiger partial charge in [0, 0.05) is 0 Å². The van der Waals surface area contributed by atoms with Gasteiger partial charge in [-0.1, -0.05) is 12.1 Å². The lowest BCUT2D eigenvalue weighted by Crippen LogP contribution is -2.32. The quantitative estimate of drug-likeness (QED) is 0.802. The number of rotatable bonds is 3. The molecule has 1 aliphatic heterocycles. The van der Waals surface area contributed by atoms with Crippen molar-refractivity contribution in [2.45, 2.75) is 11.8 Å². The van der Waals surface area contributed by atoms with Crippen LogP contribution < -0.4 is 0 Å². The van der Waals surface area contributed by atoms with E-state index in [1.807, 2.05) is 0 Å². The number of nitrogens with zero attached hydrogens (tertiary/aromatic N) is 1. The SMILES string of the molecule is Cc1cc(F)ccc1S(=O)(=O)ON1C(=O)c2ccccc2C1=O. The van der Waals surface area contributed by atoms with Crippen LogP contribution in [0.15, 0.2) is 47.4 Å². The second kappa shape index (κ2) is 5.25. The average Bonchev–Trinajstić information content (AvgIpc) is 2.72. The maximum absolute atomic E-state index is 13.1. The van der Waals surface area contributed by atoms with Crippen LogP contribution in [0.3, 0.4) is 0 Å². The van der Waals surface area contributed by atoms with Crippen LogP contribution in [0.2, 0.25) is 0 Å². The van der Waals surface area contributed by atoms with Gasteiger partial charge >= 0.3 is 10.1 Å². The van der Waals surface area contributed by atoms with E-state index in [-0.39, 0.29) is 26.6 Å². The molecule has 0 aromatic heterocycles. The van der Waals surface area contributed by atoms with Gasteiger partial charge in [0.2, 0.25) is 0 Å². The van der Waals surface area contributed by atoms with Gasteiger partial charge in [0.1, 0.15) is 5.82 Å². The zero-order chi connectivity index (χ0) is 16.8. The first kappa shape index (κ1) is 15.3. The van der Waals surface area contributed by atoms with Gasteiger partial charge in [-0.25, -0.2) is 4.39 Å². The zero-order valence-electron chi connectivity index (χ0n) is 11.8. The molecule has 118 valence electrons. The number of hydrogen-bond acceptors (Lipinski definition) is 5. The van der Waals surface area contributed by atoms with Crippen LogP contribution in [0.25, 0.3) is 0 Å². The number of hydroxylamine groups is 2. The summed E-state index contributed by atoms with van der Waals surface area (Å²) in [6.45, 7) is 1.38. The lowest BCUT2D eigenvalue weighted by molar-refractivity contribution is -0.0104. The predicted molar refractivity (Wildman–Crippen MR) is 76.3 cm³/mol. The summed E-state index contributed by atoms with van der Waals surface area (Å²) in [5, 5.41) is 0.197. The maximum Gasteiger partial charge on any atom is 0.318 e. The van der Waals surface area contributed by atoms with Gasteiger partial charge in [0.05, 0.1) is 16.0 Å². The number of amides is 2. The van der Waals surface area contributed by atoms with Crippen LogP contribution in [0, 0.1) is 12.7 Å². The summed E-state index contributed by atoms with van der Waals surface area (Å²) in [4.78, 5) is 23.9. The molecular formula is C15H10FNO5S. The predicted octanol–water partition coefficient (Wildman–Crippen LogP) is 2.05. The summed E-state index contributed by atoms with van der Waals surface area (Å²) in [5.74, 6) is -2.34. The molecule has 0 aliphatic carbocycles. The highest BCUT2D eigenvalue weighted by molar-refractivity contribution is 7.86. The van der Waals surface area contributed by atoms with Crippen LogP contribution in [0.4, 0.5) is 4.39 Å². The minimum absolute atomic E-state index is 0.0588. The largest absolute Gasteiger partial charge is 0.318 e. The van der Waals surface area contributed by atoms with Gasteiger partial charge in [0.25, 0.3) is 11.8 Å². The smallest absolute Gasteiger partial charge is 0.266 e. The van der Waals surface area contributed by atoms with E-state index in [0.717, 1.165) is 18.2 Å². The Morgan fingerprint density at radius 2 is 1.57 bits per heavy atom. The van der Waals surface area contributed by atoms with E-state index in [9.17, 15) is 22.4 Å². The van der Waals surface area contributed by atoms with Crippen molar-refractivity contribution in [1.82, 2.24) is 5.06 Å². The fraction of sp³-hybridized carbons (Fsp3) is 0.0667. The summed E-state index contributed by atoms with van der Waals surface area (Å²) >= 11 is 0. The van der Waals surface area contributed by atoms with E-state index >= 15 is 0 Å². The summed E-state index contributed by atoms with van der Waals surface area (Å²) in [6.07, 6.45) is 0. The summed E-state index contributed by atoms with van der Waals surface area (Å²) < 4.78 is 42.3. The van der Waals surface area contributed by atoms with E-state index < -0.39 is 27.7 Å². The highest BCUT2D eigenvalue weighted by Crippen LogP contribution is 2.26. The van der Waals surface area contributed by atoms with Crippen LogP contribution in [-0.2, 0) is 14.4 Å². The molecule has 0 saturated heterocycles. The van der Waals surface area contributed by atoms with Crippen LogP contribution in [0.1, 0.15) is 26.3 Å². The molecule has 0 bridgehead atoms. The Morgan fingerprint density at radius 3 is 2.09 bits per heavy atom. The average molecular weight is 335 g/mol. The summed E-state index contributed by atoms with van der Waals surface area (Å²) in [5.41, 5.74) is 0.216. The van der Waals surface area contributed by atoms with Crippen molar-refractivity contribution < 1.29 is 26.7 Å². The Balaban J connectivity index is 1.96. The summed E-state index contributed by atoms with van der Waals surface area (Å²) in [6, 6.07) is 8.87. The number of benzene rings is 2. The third-order valence-corrected chi connectivity index (χ3v) is 4.68. The molecule has 0 saturated carbocycles. The van der Waals surface area contributed by atoms with Crippen molar-refractivity contribution in [3.05, 3.63) is 65.0 Å². The molecule has 6 nitrogen and oxygen atoms in total. The number of imide groups is 1. The van der Waals surface area contributed by atoms with Crippen molar-refractivity contribution in [3.8, 4) is 0 Å². The molecule has 0 atom stereocenters. The molecule has 0 unspecified atom stereocenters. The Bertz CT molecular complexity index is 904. The van der Waals surface area contributed by atoms with E-state index in [4.69, 9.17) is 4.28 Å². The standard InChI is InChI=1S/C15H10FNO5S/c1-9-8-10(16)6-7-13(9)23(20,21)22-17-14(18)11-4-2-3-5-12(11)15(17)19/h2-8H,1H3. The number of carbonyl (C=O) groups is 2. The summed E-state index contributed by atoms with van der Waals surface area (Å²) in [7, 11) is -4.46. The number of hydrogen-bond donors (Lipinski definition) is 0. The lowest BCUT2D eigenvalue weighted by Gasteiger charge is -2.14. The second-order valence-corrected chi connectivity index (χ2v) is 6.39. The van der Waals surface area contributed by atoms with E-state index in [0.29, 0.717) is 0 Å². The van der Waals surface area contributed by atoms with Crippen LogP contribution in [0.5, 0.6) is 0 Å². The molecule has 23 heavy (non-hydrogen) atoms. The molecule has 0 spiro atoms. The minimum atomic E-state index is -4.46. The second-order valence-electron chi connectivity index (χ2n) is 4.89. The molecule has 1 aliphatic rings. The molecule has 1 heterocycles. The Hall–Kier alpha value is -2.58. The normalized spacial score (nSPS) is 14.3. The van der Waals surface area contributed by atoms with E-state index in [1.54, 1.807) is 12.1 Å². The minimum Gasteiger partial charge on any atom is -0.266 e. The fourth-order valence-electron chi connectivity index (χ4n) is 2.27. The molecule has 0 N–H and O–H groups in total. The molecule has 8 heteroatoms. The number of halogens is 1. The van der Waals surface area contributed by atoms with Crippen LogP contribution in [-0.4, -0.2) is 25.3 Å². The van der Waals surface area contributed by atoms with E-state index in [1.165, 1.54) is 19.1 Å². The number of fused-ring (bicyclic) bond motifs is 1. The van der Waals surface area contributed by atoms with Crippen molar-refractivity contribution in [3.63, 3.8) is 0 Å². The van der Waals surface area contributed by atoms with Crippen molar-refractivity contribution in [1.29, 1.82) is 0 Å². The molecule has 0 radical (unpaired) electrons. The van der Waals surface area contributed by atoms with Gasteiger partial charge in [0.15, 0.2) is 0 Å². The van der Waals surface area contributed by atoms with Crippen molar-refractivity contribution in [2.75, 3.05) is 0 Å². The van der Waals surface area contributed by atoms with Crippen molar-refractivity contribution >= 4 is 21.9 Å². The molecule has 2 amide bonds. The molecular weight excluding hydrogens is 325 g/mol. The van der Waals surface area contributed by atoms with Gasteiger partial charge < -0.3 is 0 Å². The Morgan fingerprint density at radius 1 is 1.00 bits per heavy atom. The molecule has 0 fully saturated rings. The van der Waals surface area contributed by atoms with Crippen molar-refractivity contribution in [2.24, 2.45) is 0 Å². The third-order valence-electron chi connectivity index (χ3n) is 3.34. The van der Waals surface area contributed by atoms with E-state index in [2.05, 4.69) is 0 Å². The van der Waals surface area contributed by atoms with Gasteiger partial charge in [-0.2, -0.15) is 8.42 Å². The van der Waals surface area contributed by atoms with Crippen LogP contribution >= 0.6 is 0 Å². The highest BCUT2D eigenvalue weighted by atomic mass is 32.2. The first-order valence-electron chi connectivity index (χ1n) is 6.50. The van der Waals surface area contributed by atoms with Gasteiger partial charge in [-0.15, -0.1) is 9.35 Å². The Kier molecular flexibility index (Phi) is 3.50. The molecule has 2 aromatic carbocycles. The third kappa shape index (κ3) is 2.51. The number of aryl methyl sites for hydroxylation is 1. The molecule has 2 aromatic rings. The monoisotopic (exact) mass is 335 g/mol. The molecule has 3 rings (SSSR count). The number of carbonyl (C=O) groups excluding carboxylic acids is 2. The lowest BCUT2D eigenvalue weighted by atomic mass is 10.1. The van der Waals surface area contributed by atoms with Gasteiger partial charge in [-0.05, 0) is 42.8 Å². The Labute approximate surface area is 131 Å².